The van der Waals surface area contributed by atoms with E-state index in [1.807, 2.05) is 13.0 Å². The Hall–Kier alpha value is -0.770. The molecule has 0 rings (SSSR count). The lowest BCUT2D eigenvalue weighted by Crippen LogP contribution is -2.03. The van der Waals surface area contributed by atoms with Crippen molar-refractivity contribution in [2.75, 3.05) is 0 Å². The van der Waals surface area contributed by atoms with Crippen LogP contribution in [0.2, 0.25) is 0 Å². The van der Waals surface area contributed by atoms with E-state index < -0.39 is 0 Å². The van der Waals surface area contributed by atoms with Crippen LogP contribution in [0.5, 0.6) is 0 Å². The Labute approximate surface area is 76.1 Å². The fraction of sp³-hybridized carbons (Fsp3) is 0.727. The van der Waals surface area contributed by atoms with E-state index in [1.165, 1.54) is 12.8 Å². The molecule has 0 saturated carbocycles. The molecule has 0 aromatic carbocycles. The van der Waals surface area contributed by atoms with Gasteiger partial charge in [0.25, 0.3) is 0 Å². The van der Waals surface area contributed by atoms with E-state index in [2.05, 4.69) is 26.8 Å². The Morgan fingerprint density at radius 3 is 2.42 bits per heavy atom. The summed E-state index contributed by atoms with van der Waals surface area (Å²) in [6.45, 7) is 8.59. The van der Waals surface area contributed by atoms with Gasteiger partial charge >= 0.3 is 0 Å². The molecule has 0 heterocycles. The zero-order valence-electron chi connectivity index (χ0n) is 8.65. The van der Waals surface area contributed by atoms with Crippen molar-refractivity contribution in [2.45, 2.75) is 47.0 Å². The summed E-state index contributed by atoms with van der Waals surface area (Å²) >= 11 is 0. The summed E-state index contributed by atoms with van der Waals surface area (Å²) in [6, 6.07) is 2.12. The minimum absolute atomic E-state index is 0.425. The van der Waals surface area contributed by atoms with Crippen LogP contribution in [0.25, 0.3) is 0 Å². The van der Waals surface area contributed by atoms with Crippen LogP contribution in [0.1, 0.15) is 47.0 Å². The van der Waals surface area contributed by atoms with Gasteiger partial charge in [0, 0.05) is 5.57 Å². The minimum Gasteiger partial charge on any atom is -0.193 e. The maximum absolute atomic E-state index is 8.48. The number of allylic oxidation sites excluding steroid dienone is 2. The first-order valence-electron chi connectivity index (χ1n) is 4.52. The second kappa shape index (κ2) is 4.98. The molecular formula is C11H19N. The van der Waals surface area contributed by atoms with Crippen LogP contribution in [0.4, 0.5) is 0 Å². The van der Waals surface area contributed by atoms with Gasteiger partial charge in [-0.05, 0) is 31.6 Å². The largest absolute Gasteiger partial charge is 0.193 e. The van der Waals surface area contributed by atoms with Gasteiger partial charge in [-0.3, -0.25) is 0 Å². The molecule has 0 spiro atoms. The molecule has 0 aliphatic rings. The molecule has 0 aliphatic carbocycles. The molecule has 1 heteroatoms. The monoisotopic (exact) mass is 165 g/mol. The van der Waals surface area contributed by atoms with Crippen LogP contribution >= 0.6 is 0 Å². The second-order valence-corrected chi connectivity index (χ2v) is 4.45. The Balaban J connectivity index is 3.54. The summed E-state index contributed by atoms with van der Waals surface area (Å²) < 4.78 is 0. The third-order valence-corrected chi connectivity index (χ3v) is 1.76. The van der Waals surface area contributed by atoms with E-state index in [9.17, 15) is 0 Å². The second-order valence-electron chi connectivity index (χ2n) is 4.45. The summed E-state index contributed by atoms with van der Waals surface area (Å²) in [5.41, 5.74) is 1.26. The smallest absolute Gasteiger partial charge is 0.0940 e. The van der Waals surface area contributed by atoms with Crippen LogP contribution in [0, 0.1) is 16.7 Å². The average molecular weight is 165 g/mol. The molecule has 12 heavy (non-hydrogen) atoms. The highest BCUT2D eigenvalue weighted by Crippen LogP contribution is 2.21. The molecular weight excluding hydrogens is 146 g/mol. The number of hydrogen-bond acceptors (Lipinski definition) is 1. The zero-order valence-corrected chi connectivity index (χ0v) is 8.65. The molecule has 1 nitrogen and oxygen atoms in total. The Morgan fingerprint density at radius 2 is 2.00 bits per heavy atom. The van der Waals surface area contributed by atoms with Gasteiger partial charge in [0.1, 0.15) is 0 Å². The first-order chi connectivity index (χ1) is 5.45. The van der Waals surface area contributed by atoms with Crippen LogP contribution in [0.15, 0.2) is 11.6 Å². The van der Waals surface area contributed by atoms with Gasteiger partial charge in [0.05, 0.1) is 6.07 Å². The molecule has 0 unspecified atom stereocenters. The normalized spacial score (nSPS) is 12.8. The fourth-order valence-corrected chi connectivity index (χ4v) is 0.997. The molecule has 0 saturated heterocycles. The predicted molar refractivity (Wildman–Crippen MR) is 52.7 cm³/mol. The van der Waals surface area contributed by atoms with Crippen molar-refractivity contribution >= 4 is 0 Å². The lowest BCUT2D eigenvalue weighted by Gasteiger charge is -2.16. The molecule has 68 valence electrons. The summed E-state index contributed by atoms with van der Waals surface area (Å²) in [5, 5.41) is 8.48. The van der Waals surface area contributed by atoms with Gasteiger partial charge in [-0.1, -0.05) is 26.8 Å². The minimum atomic E-state index is 0.425. The summed E-state index contributed by atoms with van der Waals surface area (Å²) in [6.07, 6.45) is 5.47. The number of rotatable bonds is 3. The number of nitrogens with zero attached hydrogens (tertiary/aromatic N) is 1. The molecule has 0 aliphatic heterocycles. The van der Waals surface area contributed by atoms with E-state index in [-0.39, 0.29) is 0 Å². The van der Waals surface area contributed by atoms with Gasteiger partial charge in [-0.2, -0.15) is 5.26 Å². The maximum Gasteiger partial charge on any atom is 0.0940 e. The first-order valence-corrected chi connectivity index (χ1v) is 4.52. The molecule has 0 bridgehead atoms. The highest BCUT2D eigenvalue weighted by atomic mass is 14.2. The summed E-state index contributed by atoms with van der Waals surface area (Å²) in [5.74, 6) is 0. The molecule has 0 radical (unpaired) electrons. The Bertz CT molecular complexity index is 188. The van der Waals surface area contributed by atoms with Crippen molar-refractivity contribution in [3.63, 3.8) is 0 Å². The highest BCUT2D eigenvalue weighted by molar-refractivity contribution is 5.16. The Morgan fingerprint density at radius 1 is 1.42 bits per heavy atom. The quantitative estimate of drug-likeness (QED) is 0.462. The third kappa shape index (κ3) is 7.34. The standard InChI is InChI=1S/C11H19N/c1-10(9-12)7-5-6-8-11(2,3)4/h7H,5-6,8H2,1-4H3/b10-7+. The molecule has 0 N–H and O–H groups in total. The van der Waals surface area contributed by atoms with Gasteiger partial charge in [0.15, 0.2) is 0 Å². The molecule has 0 aromatic heterocycles. The summed E-state index contributed by atoms with van der Waals surface area (Å²) in [7, 11) is 0. The average Bonchev–Trinajstić information content (AvgIpc) is 1.96. The first kappa shape index (κ1) is 11.2. The Kier molecular flexibility index (Phi) is 4.66. The molecule has 0 fully saturated rings. The van der Waals surface area contributed by atoms with Crippen molar-refractivity contribution in [2.24, 2.45) is 5.41 Å². The van der Waals surface area contributed by atoms with Crippen molar-refractivity contribution in [1.29, 1.82) is 5.26 Å². The van der Waals surface area contributed by atoms with Gasteiger partial charge < -0.3 is 0 Å². The van der Waals surface area contributed by atoms with Gasteiger partial charge in [-0.25, -0.2) is 0 Å². The summed E-state index contributed by atoms with van der Waals surface area (Å²) in [4.78, 5) is 0. The highest BCUT2D eigenvalue weighted by Gasteiger charge is 2.07. The fourth-order valence-electron chi connectivity index (χ4n) is 0.997. The van der Waals surface area contributed by atoms with Crippen LogP contribution in [-0.4, -0.2) is 0 Å². The number of hydrogen-bond donors (Lipinski definition) is 0. The SMILES string of the molecule is C/C(C#N)=C\CCCC(C)(C)C. The van der Waals surface area contributed by atoms with Crippen molar-refractivity contribution in [3.8, 4) is 6.07 Å². The van der Waals surface area contributed by atoms with Crippen LogP contribution < -0.4 is 0 Å². The van der Waals surface area contributed by atoms with E-state index >= 15 is 0 Å². The maximum atomic E-state index is 8.48. The van der Waals surface area contributed by atoms with Crippen molar-refractivity contribution in [1.82, 2.24) is 0 Å². The van der Waals surface area contributed by atoms with Gasteiger partial charge in [-0.15, -0.1) is 0 Å². The van der Waals surface area contributed by atoms with E-state index in [0.717, 1.165) is 12.0 Å². The topological polar surface area (TPSA) is 23.8 Å². The lowest BCUT2D eigenvalue weighted by molar-refractivity contribution is 0.367. The van der Waals surface area contributed by atoms with Gasteiger partial charge in [0.2, 0.25) is 0 Å². The molecule has 0 atom stereocenters. The third-order valence-electron chi connectivity index (χ3n) is 1.76. The molecule has 0 amide bonds. The van der Waals surface area contributed by atoms with Crippen molar-refractivity contribution < 1.29 is 0 Å². The van der Waals surface area contributed by atoms with Crippen LogP contribution in [0.3, 0.4) is 0 Å². The van der Waals surface area contributed by atoms with E-state index in [0.29, 0.717) is 5.41 Å². The number of unbranched alkanes of at least 4 members (excludes halogenated alkanes) is 1. The molecule has 0 aromatic rings. The number of nitriles is 1. The lowest BCUT2D eigenvalue weighted by atomic mass is 9.90. The predicted octanol–water partition coefficient (Wildman–Crippen LogP) is 3.67. The van der Waals surface area contributed by atoms with E-state index in [1.54, 1.807) is 0 Å². The zero-order chi connectivity index (χ0) is 9.61. The van der Waals surface area contributed by atoms with Crippen molar-refractivity contribution in [3.05, 3.63) is 11.6 Å². The van der Waals surface area contributed by atoms with E-state index in [4.69, 9.17) is 5.26 Å². The van der Waals surface area contributed by atoms with Crippen LogP contribution in [-0.2, 0) is 0 Å².